The minimum absolute atomic E-state index is 0.0334. The van der Waals surface area contributed by atoms with Gasteiger partial charge in [0, 0.05) is 79.3 Å². The second-order valence-corrected chi connectivity index (χ2v) is 27.8. The summed E-state index contributed by atoms with van der Waals surface area (Å²) in [7, 11) is 0. The van der Waals surface area contributed by atoms with E-state index >= 15 is 0 Å². The zero-order valence-corrected chi connectivity index (χ0v) is 63.7. The van der Waals surface area contributed by atoms with Crippen LogP contribution in [-0.2, 0) is 36.6 Å². The number of aromatic nitrogens is 16. The van der Waals surface area contributed by atoms with Crippen molar-refractivity contribution in [3.05, 3.63) is 272 Å². The normalized spacial score (nSPS) is 11.5. The summed E-state index contributed by atoms with van der Waals surface area (Å²) in [5, 5.41) is 40.1. The van der Waals surface area contributed by atoms with Crippen LogP contribution < -0.4 is 30.9 Å². The third-order valence-electron chi connectivity index (χ3n) is 16.9. The van der Waals surface area contributed by atoms with Gasteiger partial charge in [0.05, 0.1) is 62.4 Å². The lowest BCUT2D eigenvalue weighted by atomic mass is 10.1. The highest BCUT2D eigenvalue weighted by Crippen LogP contribution is 2.33. The van der Waals surface area contributed by atoms with E-state index in [1.165, 1.54) is 74.4 Å². The highest BCUT2D eigenvalue weighted by Gasteiger charge is 2.29. The summed E-state index contributed by atoms with van der Waals surface area (Å²) in [6, 6.07) is 18.8. The zero-order chi connectivity index (χ0) is 80.9. The average Bonchev–Trinajstić information content (AvgIpc) is 0.777. The van der Waals surface area contributed by atoms with Gasteiger partial charge in [0.2, 0.25) is 5.88 Å². The van der Waals surface area contributed by atoms with Gasteiger partial charge in [-0.3, -0.25) is 58.0 Å². The van der Waals surface area contributed by atoms with Gasteiger partial charge in [-0.15, -0.1) is 0 Å². The van der Waals surface area contributed by atoms with Crippen LogP contribution in [0.5, 0.6) is 17.4 Å². The van der Waals surface area contributed by atoms with Crippen molar-refractivity contribution < 1.29 is 51.5 Å². The topological polar surface area (TPSA) is 346 Å². The van der Waals surface area contributed by atoms with Crippen LogP contribution in [0, 0.1) is 91.1 Å². The van der Waals surface area contributed by atoms with Gasteiger partial charge >= 0.3 is 0 Å². The molecular weight excluding hydrogens is 1460 g/mol. The number of aryl methyl sites for hydroxylation is 8. The van der Waals surface area contributed by atoms with Gasteiger partial charge in [0.15, 0.2) is 22.5 Å². The Labute approximate surface area is 637 Å². The van der Waals surface area contributed by atoms with E-state index in [2.05, 4.69) is 64.8 Å². The van der Waals surface area contributed by atoms with Crippen LogP contribution in [0.4, 0.5) is 22.0 Å². The summed E-state index contributed by atoms with van der Waals surface area (Å²) >= 11 is 6.29. The number of nitriles is 1. The van der Waals surface area contributed by atoms with Crippen LogP contribution in [0.25, 0.3) is 51.2 Å². The summed E-state index contributed by atoms with van der Waals surface area (Å²) < 4.78 is 91.4. The quantitative estimate of drug-likeness (QED) is 0.0633. The first-order valence-electron chi connectivity index (χ1n) is 34.1. The molecule has 0 bridgehead atoms. The minimum Gasteiger partial charge on any atom is -0.487 e. The van der Waals surface area contributed by atoms with Gasteiger partial charge in [-0.1, -0.05) is 11.6 Å². The number of pyridine rings is 8. The third kappa shape index (κ3) is 18.7. The van der Waals surface area contributed by atoms with Crippen LogP contribution >= 0.6 is 11.6 Å². The molecule has 0 atom stereocenters. The first kappa shape index (κ1) is 81.2. The third-order valence-corrected chi connectivity index (χ3v) is 17.2. The SMILES string of the molecule is Cc1cnc(COc2cc(C)n(-c3cc(-c4ccnc(C(C)(C)O)n4)ncc3C)c(=O)c2C(F)F)c(F)c1.Cc1cnc(COc2cc(C)n(-c3cc(-c4ccnc(C(C)(C)O)n4)ncc3C)c(=O)c2C)c(F)c1.Cc1cnc(COc2nc(C)n(-c3cc(-c4ccnc(C(C)(C)O)n4)ncc3C#N)c(=O)c2Cl)c(F)c1. The Bertz CT molecular complexity index is 5800. The Hall–Kier alpha value is -12.4. The van der Waals surface area contributed by atoms with Crippen molar-refractivity contribution in [1.29, 1.82) is 5.26 Å². The predicted molar refractivity (Wildman–Crippen MR) is 399 cm³/mol. The van der Waals surface area contributed by atoms with Gasteiger partial charge in [-0.25, -0.2) is 51.9 Å². The fraction of sp³-hybridized carbons (Fsp3) is 0.278. The van der Waals surface area contributed by atoms with Crippen molar-refractivity contribution in [1.82, 2.24) is 78.5 Å². The molecule has 0 amide bonds. The molecule has 32 heteroatoms. The number of aliphatic hydroxyl groups is 3. The Morgan fingerprint density at radius 1 is 0.459 bits per heavy atom. The minimum atomic E-state index is -3.15. The lowest BCUT2D eigenvalue weighted by molar-refractivity contribution is 0.0683. The van der Waals surface area contributed by atoms with Crippen LogP contribution in [-0.4, -0.2) is 93.8 Å². The Kier molecular flexibility index (Phi) is 24.3. The van der Waals surface area contributed by atoms with Crippen LogP contribution in [0.2, 0.25) is 5.02 Å². The molecule has 0 fully saturated rings. The maximum absolute atomic E-state index is 14.2. The number of hydrogen-bond acceptors (Lipinski definition) is 23. The Morgan fingerprint density at radius 2 is 0.838 bits per heavy atom. The van der Waals surface area contributed by atoms with Gasteiger partial charge in [-0.2, -0.15) is 10.2 Å². The number of halogens is 6. The van der Waals surface area contributed by atoms with Crippen molar-refractivity contribution >= 4 is 11.6 Å². The molecule has 0 aliphatic carbocycles. The first-order valence-corrected chi connectivity index (χ1v) is 34.5. The van der Waals surface area contributed by atoms with Crippen molar-refractivity contribution in [2.45, 2.75) is 147 Å². The second kappa shape index (κ2) is 33.2. The van der Waals surface area contributed by atoms with E-state index in [1.807, 2.05) is 13.0 Å². The molecule has 0 saturated heterocycles. The molecule has 111 heavy (non-hydrogen) atoms. The zero-order valence-electron chi connectivity index (χ0n) is 62.9. The fourth-order valence-corrected chi connectivity index (χ4v) is 11.2. The second-order valence-electron chi connectivity index (χ2n) is 27.4. The smallest absolute Gasteiger partial charge is 0.280 e. The van der Waals surface area contributed by atoms with E-state index in [9.17, 15) is 56.9 Å². The van der Waals surface area contributed by atoms with E-state index in [-0.39, 0.29) is 87.1 Å². The maximum atomic E-state index is 14.2. The molecule has 0 saturated carbocycles. The Morgan fingerprint density at radius 3 is 1.23 bits per heavy atom. The number of rotatable bonds is 19. The summed E-state index contributed by atoms with van der Waals surface area (Å²) in [5.41, 5.74) is 1.92. The molecule has 0 aliphatic rings. The molecule has 0 aliphatic heterocycles. The summed E-state index contributed by atoms with van der Waals surface area (Å²) in [5.74, 6) is -1.02. The van der Waals surface area contributed by atoms with Gasteiger partial charge in [0.1, 0.15) is 100 Å². The van der Waals surface area contributed by atoms with Gasteiger partial charge < -0.3 is 29.5 Å². The van der Waals surface area contributed by atoms with Crippen molar-refractivity contribution in [2.75, 3.05) is 0 Å². The molecule has 12 rings (SSSR count). The molecule has 3 N–H and O–H groups in total. The molecule has 12 aromatic rings. The lowest BCUT2D eigenvalue weighted by Crippen LogP contribution is -2.26. The molecule has 12 aromatic heterocycles. The van der Waals surface area contributed by atoms with Gasteiger partial charge in [-0.05, 0) is 186 Å². The molecule has 572 valence electrons. The van der Waals surface area contributed by atoms with Crippen LogP contribution in [0.3, 0.4) is 0 Å². The van der Waals surface area contributed by atoms with Crippen LogP contribution in [0.15, 0.2) is 137 Å². The molecule has 26 nitrogen and oxygen atoms in total. The number of hydrogen-bond donors (Lipinski definition) is 3. The monoisotopic (exact) mass is 1540 g/mol. The average molecular weight is 1540 g/mol. The maximum Gasteiger partial charge on any atom is 0.280 e. The molecule has 0 aromatic carbocycles. The lowest BCUT2D eigenvalue weighted by Gasteiger charge is -2.19. The van der Waals surface area contributed by atoms with Crippen molar-refractivity contribution in [3.8, 4) is 74.7 Å². The molecule has 12 heterocycles. The number of alkyl halides is 2. The van der Waals surface area contributed by atoms with E-state index in [0.717, 1.165) is 20.3 Å². The number of nitrogens with zero attached hydrogens (tertiary/aromatic N) is 17. The molecule has 0 unspecified atom stereocenters. The highest BCUT2D eigenvalue weighted by molar-refractivity contribution is 6.31. The van der Waals surface area contributed by atoms with Crippen LogP contribution in [0.1, 0.15) is 144 Å². The van der Waals surface area contributed by atoms with Gasteiger partial charge in [0.25, 0.3) is 23.1 Å². The van der Waals surface area contributed by atoms with Crippen molar-refractivity contribution in [2.24, 2.45) is 0 Å². The number of ether oxygens (including phenoxy) is 3. The van der Waals surface area contributed by atoms with E-state index in [4.69, 9.17) is 25.8 Å². The first-order chi connectivity index (χ1) is 52.3. The fourth-order valence-electron chi connectivity index (χ4n) is 11.0. The Balaban J connectivity index is 0.000000177. The van der Waals surface area contributed by atoms with E-state index in [0.29, 0.717) is 84.9 Å². The predicted octanol–water partition coefficient (Wildman–Crippen LogP) is 12.7. The summed E-state index contributed by atoms with van der Waals surface area (Å²) in [6.07, 6.45) is 10.3. The summed E-state index contributed by atoms with van der Waals surface area (Å²) in [6.45, 7) is 23.9. The molecular formula is C79H75ClF5N17O9. The van der Waals surface area contributed by atoms with E-state index in [1.54, 1.807) is 150 Å². The van der Waals surface area contributed by atoms with Crippen molar-refractivity contribution in [3.63, 3.8) is 0 Å². The highest BCUT2D eigenvalue weighted by atomic mass is 35.5. The van der Waals surface area contributed by atoms with E-state index < -0.39 is 64.0 Å². The largest absolute Gasteiger partial charge is 0.487 e. The summed E-state index contributed by atoms with van der Waals surface area (Å²) in [4.78, 5) is 95.0. The molecule has 0 radical (unpaired) electrons. The molecule has 0 spiro atoms. The standard InChI is InChI=1S/C27H26F3N5O3.C27H28FN5O3.C25H21ClFN7O3/c1-14-8-17(28)20(32-11-14)13-38-22-9-16(3)35(25(36)23(22)24(29)30)21-10-19(33-12-15(21)2)18-6-7-31-26(34-18)27(4,5)37;1-15-9-19(28)22(30-12-15)14-36-24-10-17(3)33(25(34)18(24)4)23-11-21(31-13-16(23)2)20-7-8-29-26(32-20)27(5,6)35;1-13-7-16(27)19(30-10-13)12-37-22-21(26)23(35)34(14(2)32-22)20-8-18(31-11-15(20)9-28)17-5-6-29-24(33-17)25(3,4)36/h6-12,24,37H,13H2,1-5H3;7-13,35H,14H2,1-6H3;5-8,10-11,36H,12H2,1-4H3.